The van der Waals surface area contributed by atoms with Crippen LogP contribution in [0.2, 0.25) is 0 Å². The Labute approximate surface area is 163 Å². The average molecular weight is 393 g/mol. The van der Waals surface area contributed by atoms with Gasteiger partial charge in [0.15, 0.2) is 0 Å². The summed E-state index contributed by atoms with van der Waals surface area (Å²) in [6, 6.07) is 6.61. The third-order valence-electron chi connectivity index (χ3n) is 5.51. The molecule has 150 valence electrons. The number of hydrogen-bond donors (Lipinski definition) is 0. The highest BCUT2D eigenvalue weighted by Gasteiger charge is 2.32. The van der Waals surface area contributed by atoms with Gasteiger partial charge in [-0.05, 0) is 61.6 Å². The van der Waals surface area contributed by atoms with Gasteiger partial charge in [-0.2, -0.15) is 4.31 Å². The first kappa shape index (κ1) is 20.3. The maximum absolute atomic E-state index is 13.1. The fourth-order valence-electron chi connectivity index (χ4n) is 4.08. The van der Waals surface area contributed by atoms with E-state index in [1.165, 1.54) is 12.8 Å². The van der Waals surface area contributed by atoms with Gasteiger partial charge < -0.3 is 4.90 Å². The van der Waals surface area contributed by atoms with Gasteiger partial charge in [0.1, 0.15) is 0 Å². The number of nitrogens with zero attached hydrogens (tertiary/aromatic N) is 2. The van der Waals surface area contributed by atoms with E-state index in [9.17, 15) is 13.2 Å². The van der Waals surface area contributed by atoms with E-state index in [-0.39, 0.29) is 10.8 Å². The lowest BCUT2D eigenvalue weighted by molar-refractivity contribution is 0.0747. The lowest BCUT2D eigenvalue weighted by Gasteiger charge is -2.34. The summed E-state index contributed by atoms with van der Waals surface area (Å²) in [5.41, 5.74) is 0.475. The SMILES string of the molecule is CCCN(CC1CC1)C(=O)c1cccc(S(=O)(=O)N2CC(C)CC(C)C2)c1. The third-order valence-corrected chi connectivity index (χ3v) is 7.34. The molecule has 5 nitrogen and oxygen atoms in total. The van der Waals surface area contributed by atoms with Crippen molar-refractivity contribution in [2.24, 2.45) is 17.8 Å². The Bertz CT molecular complexity index is 763. The summed E-state index contributed by atoms with van der Waals surface area (Å²) in [4.78, 5) is 15.1. The molecule has 0 aromatic heterocycles. The molecule has 2 aliphatic rings. The zero-order valence-electron chi connectivity index (χ0n) is 16.7. The van der Waals surface area contributed by atoms with Crippen molar-refractivity contribution in [3.05, 3.63) is 29.8 Å². The summed E-state index contributed by atoms with van der Waals surface area (Å²) in [7, 11) is -3.57. The van der Waals surface area contributed by atoms with Crippen molar-refractivity contribution >= 4 is 15.9 Å². The maximum atomic E-state index is 13.1. The Morgan fingerprint density at radius 1 is 1.19 bits per heavy atom. The number of piperidine rings is 1. The molecule has 1 saturated carbocycles. The number of carbonyl (C=O) groups excluding carboxylic acids is 1. The molecule has 6 heteroatoms. The van der Waals surface area contributed by atoms with Gasteiger partial charge in [0.05, 0.1) is 4.90 Å². The van der Waals surface area contributed by atoms with Crippen molar-refractivity contribution < 1.29 is 13.2 Å². The Kier molecular flexibility index (Phi) is 6.26. The van der Waals surface area contributed by atoms with Gasteiger partial charge in [-0.3, -0.25) is 4.79 Å². The smallest absolute Gasteiger partial charge is 0.253 e. The van der Waals surface area contributed by atoms with Crippen LogP contribution in [-0.4, -0.2) is 49.7 Å². The molecule has 2 atom stereocenters. The second-order valence-electron chi connectivity index (χ2n) is 8.49. The van der Waals surface area contributed by atoms with E-state index in [0.29, 0.717) is 43.0 Å². The molecule has 2 fully saturated rings. The number of hydrogen-bond acceptors (Lipinski definition) is 3. The van der Waals surface area contributed by atoms with Gasteiger partial charge in [-0.15, -0.1) is 0 Å². The minimum Gasteiger partial charge on any atom is -0.338 e. The van der Waals surface area contributed by atoms with Crippen LogP contribution in [0.15, 0.2) is 29.2 Å². The van der Waals surface area contributed by atoms with Crippen LogP contribution >= 0.6 is 0 Å². The van der Waals surface area contributed by atoms with Crippen LogP contribution in [0, 0.1) is 17.8 Å². The second kappa shape index (κ2) is 8.31. The van der Waals surface area contributed by atoms with Gasteiger partial charge in [0.25, 0.3) is 5.91 Å². The molecule has 1 aromatic carbocycles. The molecule has 1 aliphatic heterocycles. The minimum atomic E-state index is -3.57. The number of benzene rings is 1. The summed E-state index contributed by atoms with van der Waals surface area (Å²) >= 11 is 0. The molecule has 1 aromatic rings. The topological polar surface area (TPSA) is 57.7 Å². The van der Waals surface area contributed by atoms with Crippen molar-refractivity contribution in [3.63, 3.8) is 0 Å². The molecular formula is C21H32N2O3S. The second-order valence-corrected chi connectivity index (χ2v) is 10.4. The van der Waals surface area contributed by atoms with Crippen molar-refractivity contribution in [3.8, 4) is 0 Å². The largest absolute Gasteiger partial charge is 0.338 e. The lowest BCUT2D eigenvalue weighted by Crippen LogP contribution is -2.42. The number of sulfonamides is 1. The van der Waals surface area contributed by atoms with E-state index in [4.69, 9.17) is 0 Å². The molecule has 1 aliphatic carbocycles. The lowest BCUT2D eigenvalue weighted by atomic mass is 9.94. The first-order valence-electron chi connectivity index (χ1n) is 10.2. The number of amides is 1. The summed E-state index contributed by atoms with van der Waals surface area (Å²) in [5, 5.41) is 0. The van der Waals surface area contributed by atoms with Crippen molar-refractivity contribution in [2.75, 3.05) is 26.2 Å². The molecule has 0 spiro atoms. The molecule has 0 bridgehead atoms. The normalized spacial score (nSPS) is 24.0. The summed E-state index contributed by atoms with van der Waals surface area (Å²) in [6.07, 6.45) is 4.33. The molecule has 2 unspecified atom stereocenters. The highest BCUT2D eigenvalue weighted by Crippen LogP contribution is 2.31. The Morgan fingerprint density at radius 3 is 2.44 bits per heavy atom. The maximum Gasteiger partial charge on any atom is 0.253 e. The van der Waals surface area contributed by atoms with Crippen LogP contribution < -0.4 is 0 Å². The molecule has 1 saturated heterocycles. The molecule has 27 heavy (non-hydrogen) atoms. The van der Waals surface area contributed by atoms with Crippen LogP contribution in [-0.2, 0) is 10.0 Å². The number of carbonyl (C=O) groups is 1. The third kappa shape index (κ3) is 4.91. The van der Waals surface area contributed by atoms with E-state index in [1.807, 2.05) is 4.90 Å². The summed E-state index contributed by atoms with van der Waals surface area (Å²) in [6.45, 7) is 8.85. The molecule has 3 rings (SSSR count). The van der Waals surface area contributed by atoms with Gasteiger partial charge in [0.2, 0.25) is 10.0 Å². The fourth-order valence-corrected chi connectivity index (χ4v) is 5.81. The predicted octanol–water partition coefficient (Wildman–Crippen LogP) is 3.62. The molecule has 1 amide bonds. The summed E-state index contributed by atoms with van der Waals surface area (Å²) < 4.78 is 27.9. The molecule has 1 heterocycles. The quantitative estimate of drug-likeness (QED) is 0.712. The standard InChI is InChI=1S/C21H32N2O3S/c1-4-10-22(15-18-8-9-18)21(24)19-6-5-7-20(12-19)27(25,26)23-13-16(2)11-17(3)14-23/h5-7,12,16-18H,4,8-11,13-15H2,1-3H3. The summed E-state index contributed by atoms with van der Waals surface area (Å²) in [5.74, 6) is 1.27. The monoisotopic (exact) mass is 392 g/mol. The van der Waals surface area contributed by atoms with E-state index >= 15 is 0 Å². The van der Waals surface area contributed by atoms with Gasteiger partial charge in [-0.1, -0.05) is 26.8 Å². The fraction of sp³-hybridized carbons (Fsp3) is 0.667. The van der Waals surface area contributed by atoms with Crippen molar-refractivity contribution in [1.29, 1.82) is 0 Å². The van der Waals surface area contributed by atoms with Gasteiger partial charge in [0, 0.05) is 31.7 Å². The zero-order chi connectivity index (χ0) is 19.6. The average Bonchev–Trinajstić information content (AvgIpc) is 3.44. The van der Waals surface area contributed by atoms with Crippen LogP contribution in [0.1, 0.15) is 56.8 Å². The highest BCUT2D eigenvalue weighted by molar-refractivity contribution is 7.89. The first-order chi connectivity index (χ1) is 12.8. The Balaban J connectivity index is 1.82. The molecular weight excluding hydrogens is 360 g/mol. The Morgan fingerprint density at radius 2 is 1.85 bits per heavy atom. The van der Waals surface area contributed by atoms with Crippen molar-refractivity contribution in [1.82, 2.24) is 9.21 Å². The van der Waals surface area contributed by atoms with Crippen molar-refractivity contribution in [2.45, 2.75) is 51.3 Å². The van der Waals surface area contributed by atoms with Crippen LogP contribution in [0.3, 0.4) is 0 Å². The highest BCUT2D eigenvalue weighted by atomic mass is 32.2. The minimum absolute atomic E-state index is 0.0545. The van der Waals surface area contributed by atoms with E-state index < -0.39 is 10.0 Å². The first-order valence-corrected chi connectivity index (χ1v) is 11.6. The molecule has 0 radical (unpaired) electrons. The van der Waals surface area contributed by atoms with E-state index in [1.54, 1.807) is 28.6 Å². The number of rotatable bonds is 7. The predicted molar refractivity (Wildman–Crippen MR) is 107 cm³/mol. The van der Waals surface area contributed by atoms with Crippen LogP contribution in [0.25, 0.3) is 0 Å². The Hall–Kier alpha value is -1.40. The van der Waals surface area contributed by atoms with Crippen LogP contribution in [0.4, 0.5) is 0 Å². The zero-order valence-corrected chi connectivity index (χ0v) is 17.5. The van der Waals surface area contributed by atoms with Gasteiger partial charge in [-0.25, -0.2) is 8.42 Å². The van der Waals surface area contributed by atoms with E-state index in [2.05, 4.69) is 20.8 Å². The van der Waals surface area contributed by atoms with E-state index in [0.717, 1.165) is 19.4 Å². The van der Waals surface area contributed by atoms with Crippen LogP contribution in [0.5, 0.6) is 0 Å². The van der Waals surface area contributed by atoms with Gasteiger partial charge >= 0.3 is 0 Å². The molecule has 0 N–H and O–H groups in total.